The molecule has 18 heavy (non-hydrogen) atoms. The number of nitrogens with one attached hydrogen (secondary N) is 1. The quantitative estimate of drug-likeness (QED) is 0.894. The highest BCUT2D eigenvalue weighted by atomic mass is 15.1. The summed E-state index contributed by atoms with van der Waals surface area (Å²) in [6, 6.07) is 8.68. The average molecular weight is 243 g/mol. The largest absolute Gasteiger partial charge is 0.334 e. The SMILES string of the molecule is CNCc1cn(C)c(-c2ccc(C(C)C)cc2)n1. The van der Waals surface area contributed by atoms with Gasteiger partial charge < -0.3 is 9.88 Å². The van der Waals surface area contributed by atoms with Gasteiger partial charge in [0.15, 0.2) is 0 Å². The van der Waals surface area contributed by atoms with Gasteiger partial charge in [-0.15, -0.1) is 0 Å². The summed E-state index contributed by atoms with van der Waals surface area (Å²) in [5, 5.41) is 3.12. The molecule has 2 aromatic rings. The van der Waals surface area contributed by atoms with Gasteiger partial charge in [0.05, 0.1) is 5.69 Å². The van der Waals surface area contributed by atoms with Gasteiger partial charge in [-0.25, -0.2) is 4.98 Å². The molecule has 0 saturated heterocycles. The lowest BCUT2D eigenvalue weighted by Gasteiger charge is -2.06. The second-order valence-electron chi connectivity index (χ2n) is 4.97. The molecule has 0 saturated carbocycles. The molecule has 2 rings (SSSR count). The molecule has 0 aliphatic rings. The van der Waals surface area contributed by atoms with Crippen molar-refractivity contribution in [3.63, 3.8) is 0 Å². The number of hydrogen-bond acceptors (Lipinski definition) is 2. The van der Waals surface area contributed by atoms with Crippen LogP contribution in [-0.2, 0) is 13.6 Å². The van der Waals surface area contributed by atoms with Crippen molar-refractivity contribution in [1.29, 1.82) is 0 Å². The van der Waals surface area contributed by atoms with Crippen molar-refractivity contribution in [3.05, 3.63) is 41.7 Å². The molecule has 0 amide bonds. The van der Waals surface area contributed by atoms with E-state index < -0.39 is 0 Å². The Morgan fingerprint density at radius 2 is 1.89 bits per heavy atom. The van der Waals surface area contributed by atoms with Crippen LogP contribution < -0.4 is 5.32 Å². The lowest BCUT2D eigenvalue weighted by atomic mass is 10.0. The van der Waals surface area contributed by atoms with Gasteiger partial charge >= 0.3 is 0 Å². The molecular weight excluding hydrogens is 222 g/mol. The molecule has 1 aromatic carbocycles. The fourth-order valence-corrected chi connectivity index (χ4v) is 2.08. The Balaban J connectivity index is 2.30. The number of rotatable bonds is 4. The minimum Gasteiger partial charge on any atom is -0.334 e. The number of aryl methyl sites for hydroxylation is 1. The molecule has 0 fully saturated rings. The Kier molecular flexibility index (Phi) is 3.82. The third-order valence-corrected chi connectivity index (χ3v) is 3.12. The Labute approximate surface area is 109 Å². The summed E-state index contributed by atoms with van der Waals surface area (Å²) < 4.78 is 2.08. The summed E-state index contributed by atoms with van der Waals surface area (Å²) in [5.41, 5.74) is 3.61. The van der Waals surface area contributed by atoms with E-state index in [0.29, 0.717) is 5.92 Å². The van der Waals surface area contributed by atoms with Gasteiger partial charge in [0.25, 0.3) is 0 Å². The van der Waals surface area contributed by atoms with Crippen LogP contribution in [0.1, 0.15) is 31.0 Å². The molecule has 0 unspecified atom stereocenters. The van der Waals surface area contributed by atoms with E-state index in [9.17, 15) is 0 Å². The van der Waals surface area contributed by atoms with E-state index >= 15 is 0 Å². The van der Waals surface area contributed by atoms with Crippen LogP contribution in [0.3, 0.4) is 0 Å². The molecule has 0 radical (unpaired) electrons. The predicted octanol–water partition coefficient (Wildman–Crippen LogP) is 2.93. The molecule has 0 aliphatic carbocycles. The molecule has 1 aromatic heterocycles. The van der Waals surface area contributed by atoms with E-state index in [1.807, 2.05) is 14.1 Å². The number of benzene rings is 1. The normalized spacial score (nSPS) is 11.2. The van der Waals surface area contributed by atoms with E-state index in [0.717, 1.165) is 18.1 Å². The summed E-state index contributed by atoms with van der Waals surface area (Å²) in [7, 11) is 3.98. The molecule has 3 heteroatoms. The molecule has 0 aliphatic heterocycles. The van der Waals surface area contributed by atoms with Crippen LogP contribution in [0.5, 0.6) is 0 Å². The molecule has 3 nitrogen and oxygen atoms in total. The fourth-order valence-electron chi connectivity index (χ4n) is 2.08. The molecule has 0 bridgehead atoms. The van der Waals surface area contributed by atoms with Crippen molar-refractivity contribution in [2.45, 2.75) is 26.3 Å². The van der Waals surface area contributed by atoms with Crippen LogP contribution in [0.25, 0.3) is 11.4 Å². The molecule has 0 spiro atoms. The number of nitrogens with zero attached hydrogens (tertiary/aromatic N) is 2. The van der Waals surface area contributed by atoms with Crippen molar-refractivity contribution >= 4 is 0 Å². The topological polar surface area (TPSA) is 29.9 Å². The first kappa shape index (κ1) is 12.8. The van der Waals surface area contributed by atoms with Crippen molar-refractivity contribution < 1.29 is 0 Å². The molecular formula is C15H21N3. The van der Waals surface area contributed by atoms with Crippen LogP contribution in [0.2, 0.25) is 0 Å². The van der Waals surface area contributed by atoms with Crippen molar-refractivity contribution in [2.24, 2.45) is 7.05 Å². The van der Waals surface area contributed by atoms with Crippen LogP contribution in [0.4, 0.5) is 0 Å². The van der Waals surface area contributed by atoms with E-state index in [1.54, 1.807) is 0 Å². The second-order valence-corrected chi connectivity index (χ2v) is 4.97. The molecule has 1 N–H and O–H groups in total. The minimum atomic E-state index is 0.570. The maximum Gasteiger partial charge on any atom is 0.140 e. The van der Waals surface area contributed by atoms with Crippen LogP contribution in [0, 0.1) is 0 Å². The highest BCUT2D eigenvalue weighted by Crippen LogP contribution is 2.21. The van der Waals surface area contributed by atoms with Gasteiger partial charge in [-0.3, -0.25) is 0 Å². The first-order chi connectivity index (χ1) is 8.61. The fraction of sp³-hybridized carbons (Fsp3) is 0.400. The highest BCUT2D eigenvalue weighted by Gasteiger charge is 2.07. The lowest BCUT2D eigenvalue weighted by molar-refractivity contribution is 0.795. The highest BCUT2D eigenvalue weighted by molar-refractivity contribution is 5.56. The smallest absolute Gasteiger partial charge is 0.140 e. The summed E-state index contributed by atoms with van der Waals surface area (Å²) >= 11 is 0. The Bertz CT molecular complexity index is 509. The molecule has 1 heterocycles. The van der Waals surface area contributed by atoms with Crippen LogP contribution in [0.15, 0.2) is 30.5 Å². The van der Waals surface area contributed by atoms with E-state index in [4.69, 9.17) is 0 Å². The van der Waals surface area contributed by atoms with Gasteiger partial charge in [0, 0.05) is 25.4 Å². The first-order valence-corrected chi connectivity index (χ1v) is 6.39. The van der Waals surface area contributed by atoms with Crippen LogP contribution >= 0.6 is 0 Å². The number of imidazole rings is 1. The van der Waals surface area contributed by atoms with Crippen molar-refractivity contribution in [3.8, 4) is 11.4 Å². The zero-order chi connectivity index (χ0) is 13.1. The Hall–Kier alpha value is -1.61. The third-order valence-electron chi connectivity index (χ3n) is 3.12. The number of aromatic nitrogens is 2. The van der Waals surface area contributed by atoms with E-state index in [1.165, 1.54) is 11.1 Å². The Morgan fingerprint density at radius 1 is 1.22 bits per heavy atom. The van der Waals surface area contributed by atoms with E-state index in [-0.39, 0.29) is 0 Å². The summed E-state index contributed by atoms with van der Waals surface area (Å²) in [4.78, 5) is 4.64. The zero-order valence-electron chi connectivity index (χ0n) is 11.6. The summed E-state index contributed by atoms with van der Waals surface area (Å²) in [6.45, 7) is 5.22. The van der Waals surface area contributed by atoms with Crippen LogP contribution in [-0.4, -0.2) is 16.6 Å². The number of hydrogen-bond donors (Lipinski definition) is 1. The van der Waals surface area contributed by atoms with Gasteiger partial charge in [-0.05, 0) is 18.5 Å². The van der Waals surface area contributed by atoms with Crippen molar-refractivity contribution in [1.82, 2.24) is 14.9 Å². The van der Waals surface area contributed by atoms with Crippen molar-refractivity contribution in [2.75, 3.05) is 7.05 Å². The van der Waals surface area contributed by atoms with Gasteiger partial charge in [-0.2, -0.15) is 0 Å². The average Bonchev–Trinajstić information content (AvgIpc) is 2.71. The zero-order valence-corrected chi connectivity index (χ0v) is 11.6. The standard InChI is InChI=1S/C15H21N3/c1-11(2)12-5-7-13(8-6-12)15-17-14(9-16-3)10-18(15)4/h5-8,10-11,16H,9H2,1-4H3. The lowest BCUT2D eigenvalue weighted by Crippen LogP contribution is -2.04. The predicted molar refractivity (Wildman–Crippen MR) is 75.5 cm³/mol. The maximum atomic E-state index is 4.64. The maximum absolute atomic E-state index is 4.64. The summed E-state index contributed by atoms with van der Waals surface area (Å²) in [5.74, 6) is 1.59. The molecule has 96 valence electrons. The van der Waals surface area contributed by atoms with Gasteiger partial charge in [0.1, 0.15) is 5.82 Å². The minimum absolute atomic E-state index is 0.570. The Morgan fingerprint density at radius 3 is 2.44 bits per heavy atom. The van der Waals surface area contributed by atoms with Gasteiger partial charge in [0.2, 0.25) is 0 Å². The monoisotopic (exact) mass is 243 g/mol. The third kappa shape index (κ3) is 2.62. The summed E-state index contributed by atoms with van der Waals surface area (Å²) in [6.07, 6.45) is 2.07. The molecule has 0 atom stereocenters. The van der Waals surface area contributed by atoms with E-state index in [2.05, 4.69) is 59.2 Å². The van der Waals surface area contributed by atoms with Gasteiger partial charge in [-0.1, -0.05) is 38.1 Å². The second kappa shape index (κ2) is 5.36. The first-order valence-electron chi connectivity index (χ1n) is 6.39.